The number of likely N-dealkylation sites (tertiary alicyclic amines) is 1. The van der Waals surface area contributed by atoms with Gasteiger partial charge < -0.3 is 9.73 Å². The van der Waals surface area contributed by atoms with Crippen molar-refractivity contribution in [1.29, 1.82) is 0 Å². The molecule has 0 radical (unpaired) electrons. The molecule has 1 aliphatic rings. The highest BCUT2D eigenvalue weighted by Crippen LogP contribution is 2.21. The summed E-state index contributed by atoms with van der Waals surface area (Å²) in [4.78, 5) is 14.6. The molecule has 1 amide bonds. The predicted molar refractivity (Wildman–Crippen MR) is 82.0 cm³/mol. The number of amides is 1. The molecule has 6 nitrogen and oxygen atoms in total. The number of hydrogen-bond acceptors (Lipinski definition) is 4. The van der Waals surface area contributed by atoms with E-state index < -0.39 is 0 Å². The average molecular weight is 302 g/mol. The average Bonchev–Trinajstić information content (AvgIpc) is 3.27. The van der Waals surface area contributed by atoms with Crippen molar-refractivity contribution in [3.05, 3.63) is 42.6 Å². The Morgan fingerprint density at radius 3 is 3.18 bits per heavy atom. The molecule has 2 aromatic rings. The topological polar surface area (TPSA) is 63.3 Å². The Balaban J connectivity index is 1.55. The normalized spacial score (nSPS) is 20.1. The number of carbonyl (C=O) groups excluding carboxylic acids is 1. The van der Waals surface area contributed by atoms with Crippen LogP contribution in [-0.2, 0) is 17.9 Å². The third kappa shape index (κ3) is 3.39. The summed E-state index contributed by atoms with van der Waals surface area (Å²) in [5.74, 6) is 0.818. The lowest BCUT2D eigenvalue weighted by Gasteiger charge is -2.29. The number of hydrogen-bond donors (Lipinski definition) is 1. The predicted octanol–water partition coefficient (Wildman–Crippen LogP) is 1.65. The van der Waals surface area contributed by atoms with Crippen LogP contribution in [0.2, 0.25) is 0 Å². The highest BCUT2D eigenvalue weighted by molar-refractivity contribution is 5.81. The fraction of sp³-hybridized carbons (Fsp3) is 0.500. The first-order valence-electron chi connectivity index (χ1n) is 7.77. The molecule has 0 spiro atoms. The first kappa shape index (κ1) is 14.8. The minimum absolute atomic E-state index is 0.0452. The lowest BCUT2D eigenvalue weighted by molar-refractivity contribution is -0.126. The van der Waals surface area contributed by atoms with Gasteiger partial charge in [-0.05, 0) is 44.5 Å². The van der Waals surface area contributed by atoms with Crippen LogP contribution >= 0.6 is 0 Å². The Kier molecular flexibility index (Phi) is 4.58. The van der Waals surface area contributed by atoms with Gasteiger partial charge in [0.25, 0.3) is 0 Å². The van der Waals surface area contributed by atoms with E-state index in [1.807, 2.05) is 36.0 Å². The Bertz CT molecular complexity index is 579. The Hall–Kier alpha value is -2.08. The van der Waals surface area contributed by atoms with Crippen molar-refractivity contribution in [2.24, 2.45) is 0 Å². The van der Waals surface area contributed by atoms with Crippen molar-refractivity contribution >= 4 is 5.91 Å². The number of nitrogens with one attached hydrogen (secondary N) is 1. The molecule has 1 N–H and O–H groups in total. The monoisotopic (exact) mass is 302 g/mol. The molecule has 0 aromatic carbocycles. The summed E-state index contributed by atoms with van der Waals surface area (Å²) >= 11 is 0. The lowest BCUT2D eigenvalue weighted by atomic mass is 10.2. The van der Waals surface area contributed by atoms with Crippen LogP contribution in [-0.4, -0.2) is 39.2 Å². The second kappa shape index (κ2) is 6.79. The molecule has 0 aliphatic carbocycles. The second-order valence-electron chi connectivity index (χ2n) is 5.74. The van der Waals surface area contributed by atoms with E-state index in [-0.39, 0.29) is 11.9 Å². The molecule has 118 valence electrons. The molecule has 0 bridgehead atoms. The SMILES string of the molecule is C[C@@H](C(=O)NCc1ccco1)N1CCC[C@H]1Cn1cccn1. The van der Waals surface area contributed by atoms with Crippen molar-refractivity contribution in [3.8, 4) is 0 Å². The number of rotatable bonds is 6. The minimum Gasteiger partial charge on any atom is -0.467 e. The van der Waals surface area contributed by atoms with E-state index >= 15 is 0 Å². The Labute approximate surface area is 130 Å². The maximum Gasteiger partial charge on any atom is 0.237 e. The van der Waals surface area contributed by atoms with Gasteiger partial charge in [-0.2, -0.15) is 5.10 Å². The van der Waals surface area contributed by atoms with E-state index in [1.165, 1.54) is 0 Å². The fourth-order valence-electron chi connectivity index (χ4n) is 3.07. The first-order valence-corrected chi connectivity index (χ1v) is 7.77. The summed E-state index contributed by atoms with van der Waals surface area (Å²) in [5.41, 5.74) is 0. The molecule has 6 heteroatoms. The molecule has 3 rings (SSSR count). The first-order chi connectivity index (χ1) is 10.7. The van der Waals surface area contributed by atoms with Gasteiger partial charge in [-0.15, -0.1) is 0 Å². The van der Waals surface area contributed by atoms with Gasteiger partial charge >= 0.3 is 0 Å². The molecule has 0 unspecified atom stereocenters. The lowest BCUT2D eigenvalue weighted by Crippen LogP contribution is -2.48. The van der Waals surface area contributed by atoms with E-state index in [0.29, 0.717) is 12.6 Å². The zero-order valence-corrected chi connectivity index (χ0v) is 12.8. The zero-order chi connectivity index (χ0) is 15.4. The number of carbonyl (C=O) groups is 1. The van der Waals surface area contributed by atoms with Crippen LogP contribution in [0.25, 0.3) is 0 Å². The van der Waals surface area contributed by atoms with Gasteiger partial charge in [0.2, 0.25) is 5.91 Å². The Morgan fingerprint density at radius 1 is 1.55 bits per heavy atom. The van der Waals surface area contributed by atoms with Crippen LogP contribution in [0, 0.1) is 0 Å². The van der Waals surface area contributed by atoms with Crippen LogP contribution in [0.1, 0.15) is 25.5 Å². The molecule has 1 fully saturated rings. The summed E-state index contributed by atoms with van der Waals surface area (Å²) in [6, 6.07) is 5.84. The molecule has 22 heavy (non-hydrogen) atoms. The molecule has 1 aliphatic heterocycles. The van der Waals surface area contributed by atoms with Crippen LogP contribution < -0.4 is 5.32 Å². The third-order valence-corrected chi connectivity index (χ3v) is 4.27. The number of nitrogens with zero attached hydrogens (tertiary/aromatic N) is 3. The molecular formula is C16H22N4O2. The smallest absolute Gasteiger partial charge is 0.237 e. The van der Waals surface area contributed by atoms with Crippen LogP contribution in [0.15, 0.2) is 41.3 Å². The minimum atomic E-state index is -0.141. The summed E-state index contributed by atoms with van der Waals surface area (Å²) in [5, 5.41) is 7.21. The van der Waals surface area contributed by atoms with Gasteiger partial charge in [0, 0.05) is 18.4 Å². The van der Waals surface area contributed by atoms with Gasteiger partial charge in [-0.25, -0.2) is 0 Å². The summed E-state index contributed by atoms with van der Waals surface area (Å²) in [7, 11) is 0. The molecule has 2 aromatic heterocycles. The fourth-order valence-corrected chi connectivity index (χ4v) is 3.07. The number of furan rings is 1. The van der Waals surface area contributed by atoms with Crippen molar-refractivity contribution in [2.75, 3.05) is 6.54 Å². The van der Waals surface area contributed by atoms with E-state index in [9.17, 15) is 4.79 Å². The maximum atomic E-state index is 12.4. The second-order valence-corrected chi connectivity index (χ2v) is 5.74. The summed E-state index contributed by atoms with van der Waals surface area (Å²) in [6.45, 7) is 4.21. The van der Waals surface area contributed by atoms with Crippen LogP contribution in [0.3, 0.4) is 0 Å². The standard InChI is InChI=1S/C16H22N4O2/c1-13(16(21)17-11-15-6-3-10-22-15)20-9-2-5-14(20)12-19-8-4-7-18-19/h3-4,6-8,10,13-14H,2,5,9,11-12H2,1H3,(H,17,21)/t13-,14-/m0/s1. The Morgan fingerprint density at radius 2 is 2.45 bits per heavy atom. The molecule has 3 heterocycles. The van der Waals surface area contributed by atoms with Gasteiger partial charge in [0.05, 0.1) is 25.4 Å². The highest BCUT2D eigenvalue weighted by Gasteiger charge is 2.32. The highest BCUT2D eigenvalue weighted by atomic mass is 16.3. The van der Waals surface area contributed by atoms with Gasteiger partial charge in [0.1, 0.15) is 5.76 Å². The van der Waals surface area contributed by atoms with Gasteiger partial charge in [-0.1, -0.05) is 0 Å². The largest absolute Gasteiger partial charge is 0.467 e. The van der Waals surface area contributed by atoms with Crippen molar-refractivity contribution in [1.82, 2.24) is 20.0 Å². The maximum absolute atomic E-state index is 12.4. The van der Waals surface area contributed by atoms with Crippen molar-refractivity contribution < 1.29 is 9.21 Å². The van der Waals surface area contributed by atoms with E-state index in [1.54, 1.807) is 12.5 Å². The van der Waals surface area contributed by atoms with E-state index in [2.05, 4.69) is 15.3 Å². The number of aromatic nitrogens is 2. The van der Waals surface area contributed by atoms with Crippen molar-refractivity contribution in [3.63, 3.8) is 0 Å². The van der Waals surface area contributed by atoms with Gasteiger partial charge in [-0.3, -0.25) is 14.4 Å². The summed E-state index contributed by atoms with van der Waals surface area (Å²) in [6.07, 6.45) is 7.61. The molecular weight excluding hydrogens is 280 g/mol. The zero-order valence-electron chi connectivity index (χ0n) is 12.8. The van der Waals surface area contributed by atoms with E-state index in [0.717, 1.165) is 31.7 Å². The van der Waals surface area contributed by atoms with Gasteiger partial charge in [0.15, 0.2) is 0 Å². The summed E-state index contributed by atoms with van der Waals surface area (Å²) < 4.78 is 7.18. The molecule has 1 saturated heterocycles. The van der Waals surface area contributed by atoms with E-state index in [4.69, 9.17) is 4.42 Å². The molecule has 0 saturated carbocycles. The van der Waals surface area contributed by atoms with Crippen LogP contribution in [0.4, 0.5) is 0 Å². The quantitative estimate of drug-likeness (QED) is 0.881. The van der Waals surface area contributed by atoms with Crippen molar-refractivity contribution in [2.45, 2.75) is 44.9 Å². The molecule has 2 atom stereocenters. The third-order valence-electron chi connectivity index (χ3n) is 4.27. The van der Waals surface area contributed by atoms with Crippen LogP contribution in [0.5, 0.6) is 0 Å².